The molecule has 0 aromatic rings. The lowest BCUT2D eigenvalue weighted by molar-refractivity contribution is -0.145. The predicted octanol–water partition coefficient (Wildman–Crippen LogP) is 1.99. The highest BCUT2D eigenvalue weighted by atomic mass is 16.4. The Balaban J connectivity index is 0. The zero-order chi connectivity index (χ0) is 8.78. The Bertz CT molecular complexity index is 141. The Morgan fingerprint density at radius 3 is 1.70 bits per heavy atom. The van der Waals surface area contributed by atoms with E-state index in [0.717, 1.165) is 0 Å². The highest BCUT2D eigenvalue weighted by Crippen LogP contribution is 2.11. The number of carboxylic acids is 1. The largest absolute Gasteiger partial charge is 0.481 e. The van der Waals surface area contributed by atoms with Crippen molar-refractivity contribution < 1.29 is 9.90 Å². The van der Waals surface area contributed by atoms with Crippen LogP contribution in [0.2, 0.25) is 0 Å². The number of hydrogen-bond donors (Lipinski definition) is 2. The molecule has 0 radical (unpaired) electrons. The molecular weight excluding hydrogens is 134 g/mol. The molecule has 0 heterocycles. The van der Waals surface area contributed by atoms with Gasteiger partial charge in [0.1, 0.15) is 0 Å². The minimum atomic E-state index is -0.757. The fourth-order valence-electron chi connectivity index (χ4n) is 0. The second-order valence-electron chi connectivity index (χ2n) is 2.66. The predicted molar refractivity (Wildman–Crippen MR) is 36.5 cm³/mol. The molecule has 0 aliphatic heterocycles. The Morgan fingerprint density at radius 2 is 1.70 bits per heavy atom. The van der Waals surface area contributed by atoms with Gasteiger partial charge in [0.25, 0.3) is 0 Å². The van der Waals surface area contributed by atoms with Crippen LogP contribution in [0, 0.1) is 10.9 Å². The summed E-state index contributed by atoms with van der Waals surface area (Å²) in [5.74, 6) is -0.757. The van der Waals surface area contributed by atoms with E-state index in [1.807, 2.05) is 0 Å². The molecule has 0 rings (SSSR count). The summed E-state index contributed by atoms with van der Waals surface area (Å²) in [6, 6.07) is 0. The topological polar surface area (TPSA) is 97.5 Å². The van der Waals surface area contributed by atoms with Gasteiger partial charge < -0.3 is 5.11 Å². The van der Waals surface area contributed by atoms with E-state index in [-0.39, 0.29) is 0 Å². The van der Waals surface area contributed by atoms with E-state index in [2.05, 4.69) is 0 Å². The Labute approximate surface area is 59.1 Å². The fourth-order valence-corrected chi connectivity index (χ4v) is 0. The van der Waals surface area contributed by atoms with Crippen molar-refractivity contribution in [1.82, 2.24) is 0 Å². The van der Waals surface area contributed by atoms with Gasteiger partial charge in [0, 0.05) is 0 Å². The van der Waals surface area contributed by atoms with Gasteiger partial charge in [-0.15, -0.1) is 5.53 Å². The molecule has 0 bridgehead atoms. The quantitative estimate of drug-likeness (QED) is 0.309. The molecule has 5 nitrogen and oxygen atoms in total. The van der Waals surface area contributed by atoms with Gasteiger partial charge in [-0.3, -0.25) is 4.79 Å². The first-order valence-electron chi connectivity index (χ1n) is 2.60. The van der Waals surface area contributed by atoms with Crippen LogP contribution in [0.15, 0.2) is 0 Å². The lowest BCUT2D eigenvalue weighted by atomic mass is 9.98. The van der Waals surface area contributed by atoms with Crippen LogP contribution in [-0.4, -0.2) is 11.1 Å². The van der Waals surface area contributed by atoms with Crippen molar-refractivity contribution in [3.63, 3.8) is 0 Å². The number of carbonyl (C=O) groups is 1. The Morgan fingerprint density at radius 1 is 1.60 bits per heavy atom. The van der Waals surface area contributed by atoms with Crippen molar-refractivity contribution >= 4 is 5.97 Å². The summed E-state index contributed by atoms with van der Waals surface area (Å²) in [5.41, 5.74) is 11.7. The molecule has 0 aromatic heterocycles. The summed E-state index contributed by atoms with van der Waals surface area (Å²) in [4.78, 5) is 11.8. The van der Waals surface area contributed by atoms with Gasteiger partial charge in [-0.25, -0.2) is 0 Å². The van der Waals surface area contributed by atoms with Gasteiger partial charge in [-0.2, -0.15) is 0 Å². The molecule has 10 heavy (non-hydrogen) atoms. The fraction of sp³-hybridized carbons (Fsp3) is 0.800. The normalized spacial score (nSPS) is 8.70. The van der Waals surface area contributed by atoms with E-state index in [9.17, 15) is 4.79 Å². The third-order valence-electron chi connectivity index (χ3n) is 0.642. The van der Waals surface area contributed by atoms with Crippen LogP contribution in [-0.2, 0) is 4.79 Å². The molecular formula is C5H11N3O2. The summed E-state index contributed by atoms with van der Waals surface area (Å²) < 4.78 is 0. The molecule has 0 aliphatic rings. The van der Waals surface area contributed by atoms with E-state index in [4.69, 9.17) is 16.2 Å². The maximum Gasteiger partial charge on any atom is 0.308 e. The molecule has 0 fully saturated rings. The van der Waals surface area contributed by atoms with Crippen LogP contribution in [0.1, 0.15) is 20.8 Å². The van der Waals surface area contributed by atoms with Gasteiger partial charge in [0.05, 0.1) is 5.41 Å². The van der Waals surface area contributed by atoms with E-state index < -0.39 is 11.4 Å². The molecule has 58 valence electrons. The highest BCUT2D eigenvalue weighted by Gasteiger charge is 2.18. The molecule has 0 saturated carbocycles. The zero-order valence-electron chi connectivity index (χ0n) is 6.25. The van der Waals surface area contributed by atoms with Crippen molar-refractivity contribution in [2.24, 2.45) is 5.41 Å². The molecule has 5 heteroatoms. The van der Waals surface area contributed by atoms with E-state index in [1.165, 1.54) is 0 Å². The lowest BCUT2D eigenvalue weighted by Gasteiger charge is -2.08. The Kier molecular flexibility index (Phi) is 5.36. The summed E-state index contributed by atoms with van der Waals surface area (Å²) in [5, 5.41) is 8.25. The maximum absolute atomic E-state index is 10.0. The summed E-state index contributed by atoms with van der Waals surface area (Å²) in [7, 11) is 0. The van der Waals surface area contributed by atoms with Gasteiger partial charge >= 0.3 is 5.97 Å². The standard InChI is InChI=1S/C5H10O2.HN3/c1-5(2,3)4(6)7;1-3-2/h1-3H3,(H,6,7);1H. The average Bonchev–Trinajstić information content (AvgIpc) is 1.64. The number of nitrogens with zero attached hydrogens (tertiary/aromatic N) is 2. The van der Waals surface area contributed by atoms with Crippen molar-refractivity contribution in [1.29, 1.82) is 5.53 Å². The van der Waals surface area contributed by atoms with Crippen LogP contribution in [0.4, 0.5) is 0 Å². The van der Waals surface area contributed by atoms with Gasteiger partial charge in [0.2, 0.25) is 0 Å². The van der Waals surface area contributed by atoms with Gasteiger partial charge in [0.15, 0.2) is 0 Å². The van der Waals surface area contributed by atoms with E-state index in [1.54, 1.807) is 25.7 Å². The van der Waals surface area contributed by atoms with Gasteiger partial charge in [-0.1, -0.05) is 0 Å². The van der Waals surface area contributed by atoms with Crippen LogP contribution < -0.4 is 0 Å². The number of nitrogens with one attached hydrogen (secondary N) is 1. The molecule has 0 saturated heterocycles. The number of aliphatic carboxylic acids is 1. The first-order valence-corrected chi connectivity index (χ1v) is 2.60. The van der Waals surface area contributed by atoms with Crippen molar-refractivity contribution in [3.05, 3.63) is 10.4 Å². The van der Waals surface area contributed by atoms with E-state index >= 15 is 0 Å². The van der Waals surface area contributed by atoms with Crippen molar-refractivity contribution in [2.75, 3.05) is 0 Å². The first kappa shape index (κ1) is 11.6. The number of rotatable bonds is 0. The SMILES string of the molecule is CC(C)(C)C(=O)O.[N-]=[N+]=N. The second-order valence-corrected chi connectivity index (χ2v) is 2.66. The van der Waals surface area contributed by atoms with Crippen LogP contribution >= 0.6 is 0 Å². The summed E-state index contributed by atoms with van der Waals surface area (Å²) >= 11 is 0. The first-order chi connectivity index (χ1) is 4.36. The summed E-state index contributed by atoms with van der Waals surface area (Å²) in [6.07, 6.45) is 0. The number of hydrogen-bond acceptors (Lipinski definition) is 2. The lowest BCUT2D eigenvalue weighted by Crippen LogP contribution is -2.18. The average molecular weight is 145 g/mol. The molecule has 0 unspecified atom stereocenters. The number of carboxylic acid groups (broad SMARTS) is 1. The molecule has 0 aromatic carbocycles. The third-order valence-corrected chi connectivity index (χ3v) is 0.642. The van der Waals surface area contributed by atoms with Crippen LogP contribution in [0.25, 0.3) is 10.4 Å². The second kappa shape index (κ2) is 4.64. The molecule has 0 amide bonds. The minimum absolute atomic E-state index is 0.583. The zero-order valence-corrected chi connectivity index (χ0v) is 6.25. The summed E-state index contributed by atoms with van der Waals surface area (Å²) in [6.45, 7) is 4.99. The van der Waals surface area contributed by atoms with Crippen LogP contribution in [0.5, 0.6) is 0 Å². The van der Waals surface area contributed by atoms with Gasteiger partial charge in [-0.05, 0) is 31.2 Å². The minimum Gasteiger partial charge on any atom is -0.481 e. The van der Waals surface area contributed by atoms with Crippen LogP contribution in [0.3, 0.4) is 0 Å². The molecule has 0 atom stereocenters. The molecule has 0 aliphatic carbocycles. The molecule has 0 spiro atoms. The smallest absolute Gasteiger partial charge is 0.308 e. The van der Waals surface area contributed by atoms with Crippen molar-refractivity contribution in [3.8, 4) is 0 Å². The van der Waals surface area contributed by atoms with E-state index in [0.29, 0.717) is 0 Å². The third kappa shape index (κ3) is 9.91. The Hall–Kier alpha value is -1.22. The molecule has 2 N–H and O–H groups in total. The van der Waals surface area contributed by atoms with Crippen molar-refractivity contribution in [2.45, 2.75) is 20.8 Å². The highest BCUT2D eigenvalue weighted by molar-refractivity contribution is 5.72. The monoisotopic (exact) mass is 145 g/mol. The maximum atomic E-state index is 10.0.